The first-order valence-corrected chi connectivity index (χ1v) is 8.12. The Bertz CT molecular complexity index is 588. The fourth-order valence-corrected chi connectivity index (χ4v) is 3.12. The van der Waals surface area contributed by atoms with Crippen LogP contribution in [0.1, 0.15) is 31.2 Å². The number of carbonyl (C=O) groups is 2. The number of ether oxygens (including phenoxy) is 1. The third-order valence-electron chi connectivity index (χ3n) is 4.35. The van der Waals surface area contributed by atoms with Gasteiger partial charge in [0.25, 0.3) is 5.91 Å². The molecule has 1 heterocycles. The molecule has 0 saturated carbocycles. The monoisotopic (exact) mass is 332 g/mol. The van der Waals surface area contributed by atoms with Crippen molar-refractivity contribution in [2.45, 2.75) is 37.8 Å². The van der Waals surface area contributed by atoms with Crippen molar-refractivity contribution in [2.75, 3.05) is 13.2 Å². The first-order chi connectivity index (χ1) is 11.5. The highest BCUT2D eigenvalue weighted by Gasteiger charge is 2.41. The SMILES string of the molecule is CC1C(c2ccccc2)CC(OC(N)=O)C(=O)N1CC=CCCO. The summed E-state index contributed by atoms with van der Waals surface area (Å²) in [6.45, 7) is 2.47. The highest BCUT2D eigenvalue weighted by atomic mass is 16.6. The average molecular weight is 332 g/mol. The molecule has 0 radical (unpaired) electrons. The Kier molecular flexibility index (Phi) is 6.37. The summed E-state index contributed by atoms with van der Waals surface area (Å²) < 4.78 is 5.04. The van der Waals surface area contributed by atoms with E-state index in [1.54, 1.807) is 4.90 Å². The van der Waals surface area contributed by atoms with Gasteiger partial charge in [0.1, 0.15) is 0 Å². The number of primary amides is 1. The van der Waals surface area contributed by atoms with Crippen LogP contribution in [0.2, 0.25) is 0 Å². The van der Waals surface area contributed by atoms with E-state index >= 15 is 0 Å². The Balaban J connectivity index is 2.22. The molecule has 24 heavy (non-hydrogen) atoms. The number of carbonyl (C=O) groups excluding carboxylic acids is 2. The number of amides is 2. The molecule has 2 rings (SSSR count). The molecule has 0 spiro atoms. The summed E-state index contributed by atoms with van der Waals surface area (Å²) in [5.41, 5.74) is 6.21. The molecular formula is C18H24N2O4. The van der Waals surface area contributed by atoms with E-state index in [9.17, 15) is 9.59 Å². The minimum atomic E-state index is -0.939. The highest BCUT2D eigenvalue weighted by molar-refractivity contribution is 5.84. The van der Waals surface area contributed by atoms with Crippen LogP contribution in [0.25, 0.3) is 0 Å². The van der Waals surface area contributed by atoms with Crippen LogP contribution < -0.4 is 5.73 Å². The first kappa shape index (κ1) is 18.0. The van der Waals surface area contributed by atoms with Gasteiger partial charge in [0.2, 0.25) is 0 Å². The van der Waals surface area contributed by atoms with Gasteiger partial charge in [-0.25, -0.2) is 4.79 Å². The molecule has 1 aromatic carbocycles. The second kappa shape index (κ2) is 8.49. The van der Waals surface area contributed by atoms with Crippen LogP contribution in [0, 0.1) is 0 Å². The molecule has 130 valence electrons. The van der Waals surface area contributed by atoms with E-state index in [2.05, 4.69) is 0 Å². The predicted molar refractivity (Wildman–Crippen MR) is 90.3 cm³/mol. The van der Waals surface area contributed by atoms with Gasteiger partial charge in [-0.05, 0) is 18.9 Å². The summed E-state index contributed by atoms with van der Waals surface area (Å²) in [6, 6.07) is 9.83. The second-order valence-electron chi connectivity index (χ2n) is 5.89. The summed E-state index contributed by atoms with van der Waals surface area (Å²) in [5.74, 6) is -0.179. The van der Waals surface area contributed by atoms with Crippen molar-refractivity contribution in [3.63, 3.8) is 0 Å². The third-order valence-corrected chi connectivity index (χ3v) is 4.35. The summed E-state index contributed by atoms with van der Waals surface area (Å²) >= 11 is 0. The van der Waals surface area contributed by atoms with Gasteiger partial charge < -0.3 is 20.5 Å². The quantitative estimate of drug-likeness (QED) is 0.777. The van der Waals surface area contributed by atoms with Crippen molar-refractivity contribution in [1.29, 1.82) is 0 Å². The van der Waals surface area contributed by atoms with E-state index in [0.717, 1.165) is 5.56 Å². The van der Waals surface area contributed by atoms with Gasteiger partial charge in [-0.1, -0.05) is 42.5 Å². The van der Waals surface area contributed by atoms with Crippen molar-refractivity contribution < 1.29 is 19.4 Å². The number of hydrogen-bond acceptors (Lipinski definition) is 4. The molecule has 2 amide bonds. The van der Waals surface area contributed by atoms with Crippen molar-refractivity contribution >= 4 is 12.0 Å². The molecular weight excluding hydrogens is 308 g/mol. The van der Waals surface area contributed by atoms with Crippen LogP contribution >= 0.6 is 0 Å². The van der Waals surface area contributed by atoms with Gasteiger partial charge in [-0.15, -0.1) is 0 Å². The van der Waals surface area contributed by atoms with E-state index in [-0.39, 0.29) is 24.5 Å². The largest absolute Gasteiger partial charge is 0.436 e. The molecule has 1 aromatic rings. The molecule has 3 N–H and O–H groups in total. The second-order valence-corrected chi connectivity index (χ2v) is 5.89. The lowest BCUT2D eigenvalue weighted by atomic mass is 9.82. The van der Waals surface area contributed by atoms with Crippen LogP contribution in [0.4, 0.5) is 4.79 Å². The Hall–Kier alpha value is -2.34. The van der Waals surface area contributed by atoms with Crippen LogP contribution in [0.3, 0.4) is 0 Å². The van der Waals surface area contributed by atoms with Crippen molar-refractivity contribution in [3.05, 3.63) is 48.0 Å². The summed E-state index contributed by atoms with van der Waals surface area (Å²) in [6.07, 6.45) is 2.83. The van der Waals surface area contributed by atoms with Crippen LogP contribution in [0.15, 0.2) is 42.5 Å². The standard InChI is InChI=1S/C18H24N2O4/c1-13-15(14-8-4-2-5-9-14)12-16(24-18(19)23)17(22)20(13)10-6-3-7-11-21/h2-6,8-9,13,15-16,21H,7,10-12H2,1H3,(H2,19,23). The van der Waals surface area contributed by atoms with Crippen LogP contribution in [-0.2, 0) is 9.53 Å². The zero-order valence-corrected chi connectivity index (χ0v) is 13.8. The van der Waals surface area contributed by atoms with Gasteiger partial charge >= 0.3 is 6.09 Å². The maximum Gasteiger partial charge on any atom is 0.405 e. The van der Waals surface area contributed by atoms with Crippen LogP contribution in [-0.4, -0.2) is 47.3 Å². The minimum Gasteiger partial charge on any atom is -0.436 e. The Morgan fingerprint density at radius 3 is 2.71 bits per heavy atom. The Labute approximate surface area is 141 Å². The number of rotatable bonds is 6. The van der Waals surface area contributed by atoms with E-state index in [4.69, 9.17) is 15.6 Å². The molecule has 1 aliphatic heterocycles. The molecule has 3 unspecified atom stereocenters. The molecule has 1 aliphatic rings. The van der Waals surface area contributed by atoms with Gasteiger partial charge in [0.15, 0.2) is 6.10 Å². The predicted octanol–water partition coefficient (Wildman–Crippen LogP) is 1.79. The molecule has 0 bridgehead atoms. The van der Waals surface area contributed by atoms with E-state index in [1.165, 1.54) is 0 Å². The maximum atomic E-state index is 12.6. The van der Waals surface area contributed by atoms with E-state index < -0.39 is 12.2 Å². The number of benzene rings is 1. The van der Waals surface area contributed by atoms with Crippen molar-refractivity contribution in [1.82, 2.24) is 4.90 Å². The number of nitrogens with zero attached hydrogens (tertiary/aromatic N) is 1. The molecule has 6 heteroatoms. The molecule has 1 fully saturated rings. The summed E-state index contributed by atoms with van der Waals surface area (Å²) in [4.78, 5) is 25.5. The minimum absolute atomic E-state index is 0.0357. The maximum absolute atomic E-state index is 12.6. The number of piperidine rings is 1. The molecule has 0 aliphatic carbocycles. The van der Waals surface area contributed by atoms with E-state index in [1.807, 2.05) is 49.4 Å². The fourth-order valence-electron chi connectivity index (χ4n) is 3.12. The molecule has 0 aromatic heterocycles. The Morgan fingerprint density at radius 2 is 2.08 bits per heavy atom. The highest BCUT2D eigenvalue weighted by Crippen LogP contribution is 2.34. The zero-order valence-electron chi connectivity index (χ0n) is 13.8. The average Bonchev–Trinajstić information content (AvgIpc) is 2.57. The third kappa shape index (κ3) is 4.35. The summed E-state index contributed by atoms with van der Waals surface area (Å²) in [5, 5.41) is 8.84. The number of aliphatic hydroxyl groups excluding tert-OH is 1. The number of hydrogen-bond donors (Lipinski definition) is 2. The van der Waals surface area contributed by atoms with Crippen molar-refractivity contribution in [3.8, 4) is 0 Å². The topological polar surface area (TPSA) is 92.9 Å². The van der Waals surface area contributed by atoms with Gasteiger partial charge in [-0.3, -0.25) is 4.79 Å². The number of aliphatic hydroxyl groups is 1. The number of nitrogens with two attached hydrogens (primary N) is 1. The molecule has 1 saturated heterocycles. The summed E-state index contributed by atoms with van der Waals surface area (Å²) in [7, 11) is 0. The van der Waals surface area contributed by atoms with Crippen molar-refractivity contribution in [2.24, 2.45) is 5.73 Å². The lowest BCUT2D eigenvalue weighted by Crippen LogP contribution is -2.54. The first-order valence-electron chi connectivity index (χ1n) is 8.12. The lowest BCUT2D eigenvalue weighted by molar-refractivity contribution is -0.147. The number of likely N-dealkylation sites (tertiary alicyclic amines) is 1. The van der Waals surface area contributed by atoms with Gasteiger partial charge in [0.05, 0.1) is 0 Å². The normalized spacial score (nSPS) is 24.3. The van der Waals surface area contributed by atoms with Crippen LogP contribution in [0.5, 0.6) is 0 Å². The Morgan fingerprint density at radius 1 is 1.38 bits per heavy atom. The van der Waals surface area contributed by atoms with Gasteiger partial charge in [-0.2, -0.15) is 0 Å². The zero-order chi connectivity index (χ0) is 17.5. The van der Waals surface area contributed by atoms with E-state index in [0.29, 0.717) is 19.4 Å². The molecule has 6 nitrogen and oxygen atoms in total. The smallest absolute Gasteiger partial charge is 0.405 e. The lowest BCUT2D eigenvalue weighted by Gasteiger charge is -2.42. The molecule has 3 atom stereocenters. The van der Waals surface area contributed by atoms with Gasteiger partial charge in [0, 0.05) is 31.5 Å². The fraction of sp³-hybridized carbons (Fsp3) is 0.444.